The predicted octanol–water partition coefficient (Wildman–Crippen LogP) is 4.30. The summed E-state index contributed by atoms with van der Waals surface area (Å²) in [6, 6.07) is 10.2. The predicted molar refractivity (Wildman–Crippen MR) is 129 cm³/mol. The lowest BCUT2D eigenvalue weighted by atomic mass is 10.1. The molecule has 0 bridgehead atoms. The molecule has 7 nitrogen and oxygen atoms in total. The molecule has 168 valence electrons. The van der Waals surface area contributed by atoms with Crippen molar-refractivity contribution in [2.75, 3.05) is 23.3 Å². The number of nitrogens with zero attached hydrogens (tertiary/aromatic N) is 4. The van der Waals surface area contributed by atoms with Crippen LogP contribution in [0, 0.1) is 19.7 Å². The first-order valence-electron chi connectivity index (χ1n) is 10.7. The molecular weight excluding hydrogens is 439 g/mol. The molecule has 1 atom stereocenters. The summed E-state index contributed by atoms with van der Waals surface area (Å²) in [6.45, 7) is 5.24. The minimum Gasteiger partial charge on any atom is -0.366 e. The van der Waals surface area contributed by atoms with Gasteiger partial charge in [0.05, 0.1) is 26.6 Å². The second kappa shape index (κ2) is 8.49. The van der Waals surface area contributed by atoms with Crippen molar-refractivity contribution in [3.63, 3.8) is 0 Å². The minimum absolute atomic E-state index is 0.0805. The topological polar surface area (TPSA) is 97.0 Å². The summed E-state index contributed by atoms with van der Waals surface area (Å²) in [5, 5.41) is 3.94. The number of nitrogens with two attached hydrogens (primary N) is 1. The molecule has 33 heavy (non-hydrogen) atoms. The van der Waals surface area contributed by atoms with Crippen LogP contribution in [0.5, 0.6) is 0 Å². The van der Waals surface area contributed by atoms with E-state index in [0.717, 1.165) is 33.9 Å². The van der Waals surface area contributed by atoms with Crippen LogP contribution in [0.3, 0.4) is 0 Å². The molecule has 1 unspecified atom stereocenters. The van der Waals surface area contributed by atoms with Crippen LogP contribution < -0.4 is 16.0 Å². The Labute approximate surface area is 194 Å². The van der Waals surface area contributed by atoms with Gasteiger partial charge in [0.1, 0.15) is 17.0 Å². The van der Waals surface area contributed by atoms with Gasteiger partial charge in [0.25, 0.3) is 5.91 Å². The molecule has 0 saturated carbocycles. The third kappa shape index (κ3) is 4.05. The highest BCUT2D eigenvalue weighted by atomic mass is 32.1. The van der Waals surface area contributed by atoms with Crippen molar-refractivity contribution in [3.05, 3.63) is 64.7 Å². The molecule has 3 heterocycles. The molecule has 1 saturated heterocycles. The number of carbonyl (C=O) groups excluding carboxylic acids is 1. The fourth-order valence-electron chi connectivity index (χ4n) is 4.21. The summed E-state index contributed by atoms with van der Waals surface area (Å²) in [5.74, 6) is -0.650. The van der Waals surface area contributed by atoms with Crippen molar-refractivity contribution in [2.24, 2.45) is 5.73 Å². The van der Waals surface area contributed by atoms with Gasteiger partial charge in [0, 0.05) is 25.3 Å². The Morgan fingerprint density at radius 2 is 2.06 bits per heavy atom. The maximum Gasteiger partial charge on any atom is 0.274 e. The largest absolute Gasteiger partial charge is 0.366 e. The van der Waals surface area contributed by atoms with E-state index >= 15 is 0 Å². The van der Waals surface area contributed by atoms with Gasteiger partial charge in [0.15, 0.2) is 5.82 Å². The molecule has 2 aromatic heterocycles. The molecule has 1 aliphatic rings. The zero-order valence-corrected chi connectivity index (χ0v) is 19.1. The maximum atomic E-state index is 14.4. The second-order valence-electron chi connectivity index (χ2n) is 8.19. The van der Waals surface area contributed by atoms with Crippen LogP contribution in [-0.2, 0) is 0 Å². The van der Waals surface area contributed by atoms with E-state index < -0.39 is 11.7 Å². The monoisotopic (exact) mass is 462 g/mol. The number of anilines is 2. The van der Waals surface area contributed by atoms with Crippen LogP contribution in [0.15, 0.2) is 42.6 Å². The lowest BCUT2D eigenvalue weighted by Gasteiger charge is -2.22. The van der Waals surface area contributed by atoms with E-state index in [1.54, 1.807) is 30.4 Å². The highest BCUT2D eigenvalue weighted by molar-refractivity contribution is 7.18. The number of rotatable bonds is 4. The standard InChI is InChI=1S/C24H23FN6OS/c1-13-4-3-5-16(25)20(13)23-27-10-8-18(29-23)24(32)30-17-6-7-19-21(28-14(2)33-19)22(17)31-11-9-15(26)12-31/h3-8,10,15H,9,11-12,26H2,1-2H3,(H,30,32). The Bertz CT molecular complexity index is 1350. The Balaban J connectivity index is 1.51. The van der Waals surface area contributed by atoms with E-state index in [2.05, 4.69) is 20.2 Å². The van der Waals surface area contributed by atoms with Crippen LogP contribution in [0.2, 0.25) is 0 Å². The average Bonchev–Trinajstić information content (AvgIpc) is 3.38. The number of hydrogen-bond donors (Lipinski definition) is 2. The van der Waals surface area contributed by atoms with Crippen molar-refractivity contribution in [1.29, 1.82) is 0 Å². The molecule has 9 heteroatoms. The van der Waals surface area contributed by atoms with Gasteiger partial charge in [0.2, 0.25) is 0 Å². The number of benzene rings is 2. The highest BCUT2D eigenvalue weighted by Gasteiger charge is 2.26. The Morgan fingerprint density at radius 3 is 2.82 bits per heavy atom. The van der Waals surface area contributed by atoms with Gasteiger partial charge in [-0.25, -0.2) is 19.3 Å². The Morgan fingerprint density at radius 1 is 1.21 bits per heavy atom. The number of aryl methyl sites for hydroxylation is 2. The first-order chi connectivity index (χ1) is 15.9. The number of halogens is 1. The summed E-state index contributed by atoms with van der Waals surface area (Å²) >= 11 is 1.61. The maximum absolute atomic E-state index is 14.4. The fraction of sp³-hybridized carbons (Fsp3) is 0.250. The van der Waals surface area contributed by atoms with E-state index in [9.17, 15) is 9.18 Å². The first kappa shape index (κ1) is 21.4. The molecule has 5 rings (SSSR count). The minimum atomic E-state index is -0.426. The molecular formula is C24H23FN6OS. The SMILES string of the molecule is Cc1nc2c(N3CCC(N)C3)c(NC(=O)c3ccnc(-c4c(C)cccc4F)n3)ccc2s1. The molecule has 2 aromatic carbocycles. The molecule has 1 aliphatic heterocycles. The summed E-state index contributed by atoms with van der Waals surface area (Å²) in [4.78, 5) is 28.6. The van der Waals surface area contributed by atoms with Gasteiger partial charge in [-0.2, -0.15) is 0 Å². The van der Waals surface area contributed by atoms with E-state index in [0.29, 0.717) is 23.4 Å². The molecule has 0 aliphatic carbocycles. The first-order valence-corrected chi connectivity index (χ1v) is 11.5. The normalized spacial score (nSPS) is 15.9. The zero-order valence-electron chi connectivity index (χ0n) is 18.3. The van der Waals surface area contributed by atoms with Crippen molar-refractivity contribution in [1.82, 2.24) is 15.0 Å². The number of carbonyl (C=O) groups is 1. The number of aromatic nitrogens is 3. The van der Waals surface area contributed by atoms with Gasteiger partial charge in [-0.1, -0.05) is 12.1 Å². The molecule has 1 fully saturated rings. The van der Waals surface area contributed by atoms with E-state index in [-0.39, 0.29) is 17.6 Å². The lowest BCUT2D eigenvalue weighted by Crippen LogP contribution is -2.27. The lowest BCUT2D eigenvalue weighted by molar-refractivity contribution is 0.102. The third-order valence-corrected chi connectivity index (χ3v) is 6.70. The quantitative estimate of drug-likeness (QED) is 0.469. The molecule has 3 N–H and O–H groups in total. The van der Waals surface area contributed by atoms with Crippen LogP contribution in [0.1, 0.15) is 27.5 Å². The van der Waals surface area contributed by atoms with Gasteiger partial charge < -0.3 is 16.0 Å². The molecule has 0 spiro atoms. The van der Waals surface area contributed by atoms with E-state index in [1.807, 2.05) is 19.1 Å². The van der Waals surface area contributed by atoms with Crippen molar-refractivity contribution in [2.45, 2.75) is 26.3 Å². The van der Waals surface area contributed by atoms with E-state index in [1.165, 1.54) is 18.3 Å². The summed E-state index contributed by atoms with van der Waals surface area (Å²) < 4.78 is 15.5. The number of fused-ring (bicyclic) bond motifs is 1. The van der Waals surface area contributed by atoms with Crippen LogP contribution in [0.4, 0.5) is 15.8 Å². The smallest absolute Gasteiger partial charge is 0.274 e. The van der Waals surface area contributed by atoms with Crippen molar-refractivity contribution in [3.8, 4) is 11.4 Å². The third-order valence-electron chi connectivity index (χ3n) is 5.76. The Kier molecular flexibility index (Phi) is 5.51. The molecule has 4 aromatic rings. The van der Waals surface area contributed by atoms with Gasteiger partial charge in [-0.05, 0) is 50.1 Å². The van der Waals surface area contributed by atoms with Crippen LogP contribution in [0.25, 0.3) is 21.6 Å². The summed E-state index contributed by atoms with van der Waals surface area (Å²) in [5.41, 5.74) is 9.67. The summed E-state index contributed by atoms with van der Waals surface area (Å²) in [6.07, 6.45) is 2.35. The Hall–Kier alpha value is -3.43. The van der Waals surface area contributed by atoms with Crippen molar-refractivity contribution >= 4 is 38.8 Å². The van der Waals surface area contributed by atoms with Gasteiger partial charge in [-0.15, -0.1) is 11.3 Å². The number of nitrogens with one attached hydrogen (secondary N) is 1. The molecule has 1 amide bonds. The van der Waals surface area contributed by atoms with E-state index in [4.69, 9.17) is 10.7 Å². The van der Waals surface area contributed by atoms with Crippen LogP contribution in [-0.4, -0.2) is 40.0 Å². The fourth-order valence-corrected chi connectivity index (χ4v) is 5.04. The second-order valence-corrected chi connectivity index (χ2v) is 9.42. The number of hydrogen-bond acceptors (Lipinski definition) is 7. The van der Waals surface area contributed by atoms with Crippen LogP contribution >= 0.6 is 11.3 Å². The molecule has 0 radical (unpaired) electrons. The van der Waals surface area contributed by atoms with Gasteiger partial charge in [-0.3, -0.25) is 4.79 Å². The number of amides is 1. The van der Waals surface area contributed by atoms with Crippen molar-refractivity contribution < 1.29 is 9.18 Å². The average molecular weight is 463 g/mol. The summed E-state index contributed by atoms with van der Waals surface area (Å²) in [7, 11) is 0. The number of thiazole rings is 1. The van der Waals surface area contributed by atoms with Gasteiger partial charge >= 0.3 is 0 Å². The highest BCUT2D eigenvalue weighted by Crippen LogP contribution is 2.38. The zero-order chi connectivity index (χ0) is 23.1.